The molecule has 0 bridgehead atoms. The van der Waals surface area contributed by atoms with Gasteiger partial charge in [0, 0.05) is 14.1 Å². The van der Waals surface area contributed by atoms with Gasteiger partial charge in [0.05, 0.1) is 0 Å². The van der Waals surface area contributed by atoms with E-state index < -0.39 is 0 Å². The van der Waals surface area contributed by atoms with Crippen LogP contribution in [-0.4, -0.2) is 14.1 Å². The lowest BCUT2D eigenvalue weighted by atomic mass is 10.1. The molecule has 0 N–H and O–H groups in total. The van der Waals surface area contributed by atoms with E-state index in [0.717, 1.165) is 0 Å². The second kappa shape index (κ2) is 25.3. The van der Waals surface area contributed by atoms with E-state index in [-0.39, 0.29) is 0 Å². The smallest absolute Gasteiger partial charge is 0.0487 e. The Morgan fingerprint density at radius 3 is 0.576 bits per heavy atom. The summed E-state index contributed by atoms with van der Waals surface area (Å²) in [7, 11) is 3.28. The lowest BCUT2D eigenvalue weighted by Crippen LogP contribution is -1.67. The van der Waals surface area contributed by atoms with Crippen molar-refractivity contribution in [3.8, 4) is 0 Å². The van der Waals surface area contributed by atoms with Crippen LogP contribution in [0.4, 0.5) is 0 Å². The molecule has 0 aromatic heterocycles. The maximum absolute atomic E-state index is 3.36. The summed E-state index contributed by atoms with van der Waals surface area (Å²) in [6.45, 7) is 12.8. The van der Waals surface area contributed by atoms with E-state index in [1.807, 2.05) is 0 Å². The first-order valence-electron chi connectivity index (χ1n) is 12.1. The van der Waals surface area contributed by atoms with Gasteiger partial charge in [-0.25, -0.2) is 0 Å². The van der Waals surface area contributed by atoms with Crippen LogP contribution in [-0.2, 0) is 0 Å². The number of azo groups is 1. The van der Waals surface area contributed by atoms with Crippen molar-refractivity contribution in [1.82, 2.24) is 0 Å². The molecule has 0 aliphatic rings. The van der Waals surface area contributed by atoms with Gasteiger partial charge in [-0.05, 0) is 21.5 Å². The standard InChI is InChI=1S/2C10H8.3C3H8.C2H6N2/c2*1-2-6-10-8-4-3-7-9(10)5-1;3*1-3-2;1-3-4-2/h2*1-8H;3*3H2,1-2H3;1-2H3. The maximum Gasteiger partial charge on any atom is 0.0487 e. The third-order valence-corrected chi connectivity index (χ3v) is 3.52. The summed E-state index contributed by atoms with van der Waals surface area (Å²) in [6.07, 6.45) is 3.75. The summed E-state index contributed by atoms with van der Waals surface area (Å²) in [5.41, 5.74) is 0. The molecule has 0 saturated carbocycles. The second-order valence-corrected chi connectivity index (χ2v) is 7.22. The van der Waals surface area contributed by atoms with E-state index in [0.29, 0.717) is 0 Å². The molecule has 0 fully saturated rings. The van der Waals surface area contributed by atoms with Gasteiger partial charge in [0.25, 0.3) is 0 Å². The van der Waals surface area contributed by atoms with Crippen molar-refractivity contribution >= 4 is 21.5 Å². The van der Waals surface area contributed by atoms with Crippen molar-refractivity contribution in [2.75, 3.05) is 14.1 Å². The number of benzene rings is 4. The van der Waals surface area contributed by atoms with Gasteiger partial charge in [-0.2, -0.15) is 10.2 Å². The lowest BCUT2D eigenvalue weighted by molar-refractivity contribution is 1.09. The minimum absolute atomic E-state index is 1.25. The molecule has 0 amide bonds. The third kappa shape index (κ3) is 18.3. The van der Waals surface area contributed by atoms with Crippen LogP contribution >= 0.6 is 0 Å². The van der Waals surface area contributed by atoms with Gasteiger partial charge in [-0.15, -0.1) is 0 Å². The van der Waals surface area contributed by atoms with Gasteiger partial charge in [0.15, 0.2) is 0 Å². The van der Waals surface area contributed by atoms with Crippen LogP contribution < -0.4 is 0 Å². The molecule has 33 heavy (non-hydrogen) atoms. The minimum Gasteiger partial charge on any atom is -0.198 e. The number of rotatable bonds is 0. The topological polar surface area (TPSA) is 24.7 Å². The molecule has 4 aromatic carbocycles. The van der Waals surface area contributed by atoms with Gasteiger partial charge in [-0.3, -0.25) is 0 Å². The van der Waals surface area contributed by atoms with E-state index in [1.165, 1.54) is 40.8 Å². The highest BCUT2D eigenvalue weighted by Gasteiger charge is 1.86. The Bertz CT molecular complexity index is 734. The molecule has 0 saturated heterocycles. The van der Waals surface area contributed by atoms with E-state index in [1.54, 1.807) is 14.1 Å². The van der Waals surface area contributed by atoms with Crippen molar-refractivity contribution < 1.29 is 0 Å². The summed E-state index contributed by atoms with van der Waals surface area (Å²) >= 11 is 0. The molecule has 2 nitrogen and oxygen atoms in total. The Balaban J connectivity index is 0. The molecule has 0 unspecified atom stereocenters. The summed E-state index contributed by atoms with van der Waals surface area (Å²) in [5.74, 6) is 0. The van der Waals surface area contributed by atoms with E-state index in [9.17, 15) is 0 Å². The van der Waals surface area contributed by atoms with E-state index >= 15 is 0 Å². The first-order chi connectivity index (χ1) is 16.1. The zero-order valence-electron chi connectivity index (χ0n) is 22.3. The average molecular weight is 447 g/mol. The zero-order chi connectivity index (χ0) is 25.2. The Kier molecular flexibility index (Phi) is 24.6. The van der Waals surface area contributed by atoms with E-state index in [2.05, 4.69) is 149 Å². The zero-order valence-corrected chi connectivity index (χ0v) is 22.3. The summed E-state index contributed by atoms with van der Waals surface area (Å²) in [5, 5.41) is 12.0. The Morgan fingerprint density at radius 2 is 0.485 bits per heavy atom. The molecule has 0 spiro atoms. The summed E-state index contributed by atoms with van der Waals surface area (Å²) in [4.78, 5) is 0. The van der Waals surface area contributed by atoms with Gasteiger partial charge >= 0.3 is 0 Å². The Morgan fingerprint density at radius 1 is 0.364 bits per heavy atom. The van der Waals surface area contributed by atoms with Crippen LogP contribution in [0, 0.1) is 0 Å². The lowest BCUT2D eigenvalue weighted by Gasteiger charge is -1.92. The van der Waals surface area contributed by atoms with Crippen molar-refractivity contribution in [3.05, 3.63) is 97.1 Å². The monoisotopic (exact) mass is 446 g/mol. The van der Waals surface area contributed by atoms with Gasteiger partial charge < -0.3 is 0 Å². The molecule has 0 aliphatic heterocycles. The molecule has 0 atom stereocenters. The number of nitrogens with zero attached hydrogens (tertiary/aromatic N) is 2. The van der Waals surface area contributed by atoms with Crippen molar-refractivity contribution in [2.45, 2.75) is 60.8 Å². The summed E-state index contributed by atoms with van der Waals surface area (Å²) < 4.78 is 0. The molecule has 0 radical (unpaired) electrons. The normalized spacial score (nSPS) is 8.85. The van der Waals surface area contributed by atoms with Crippen LogP contribution in [0.5, 0.6) is 0 Å². The number of fused-ring (bicyclic) bond motifs is 2. The third-order valence-electron chi connectivity index (χ3n) is 3.52. The SMILES string of the molecule is CCC.CCC.CCC.CN=NC.c1ccc2ccccc2c1.c1ccc2ccccc2c1. The quantitative estimate of drug-likeness (QED) is 0.240. The van der Waals surface area contributed by atoms with E-state index in [4.69, 9.17) is 0 Å². The van der Waals surface area contributed by atoms with Gasteiger partial charge in [0.1, 0.15) is 0 Å². The van der Waals surface area contributed by atoms with Crippen LogP contribution in [0.2, 0.25) is 0 Å². The maximum atomic E-state index is 3.36. The van der Waals surface area contributed by atoms with Crippen LogP contribution in [0.1, 0.15) is 60.8 Å². The van der Waals surface area contributed by atoms with Crippen LogP contribution in [0.25, 0.3) is 21.5 Å². The van der Waals surface area contributed by atoms with Crippen molar-refractivity contribution in [2.24, 2.45) is 10.2 Å². The molecule has 0 heterocycles. The van der Waals surface area contributed by atoms with Gasteiger partial charge in [0.2, 0.25) is 0 Å². The highest BCUT2D eigenvalue weighted by molar-refractivity contribution is 5.82. The first-order valence-corrected chi connectivity index (χ1v) is 12.1. The predicted molar refractivity (Wildman–Crippen MR) is 152 cm³/mol. The molecule has 180 valence electrons. The first kappa shape index (κ1) is 32.2. The number of hydrogen-bond acceptors (Lipinski definition) is 2. The highest BCUT2D eigenvalue weighted by atomic mass is 15.0. The minimum atomic E-state index is 1.25. The Labute approximate surface area is 203 Å². The van der Waals surface area contributed by atoms with Crippen molar-refractivity contribution in [1.29, 1.82) is 0 Å². The molecule has 0 aliphatic carbocycles. The average Bonchev–Trinajstić information content (AvgIpc) is 2.86. The molecular formula is C31H46N2. The highest BCUT2D eigenvalue weighted by Crippen LogP contribution is 2.12. The summed E-state index contributed by atoms with van der Waals surface area (Å²) in [6, 6.07) is 33.4. The second-order valence-electron chi connectivity index (χ2n) is 7.22. The number of hydrogen-bond donors (Lipinski definition) is 0. The fourth-order valence-electron chi connectivity index (χ4n) is 2.27. The molecular weight excluding hydrogens is 400 g/mol. The van der Waals surface area contributed by atoms with Crippen LogP contribution in [0.15, 0.2) is 107 Å². The molecule has 2 heteroatoms. The fourth-order valence-corrected chi connectivity index (χ4v) is 2.27. The largest absolute Gasteiger partial charge is 0.198 e. The van der Waals surface area contributed by atoms with Gasteiger partial charge in [-0.1, -0.05) is 158 Å². The Hall–Kier alpha value is -3.00. The predicted octanol–water partition coefficient (Wildman–Crippen LogP) is 10.6. The molecule has 4 rings (SSSR count). The molecule has 4 aromatic rings. The fraction of sp³-hybridized carbons (Fsp3) is 0.355. The van der Waals surface area contributed by atoms with Crippen molar-refractivity contribution in [3.63, 3.8) is 0 Å². The van der Waals surface area contributed by atoms with Crippen LogP contribution in [0.3, 0.4) is 0 Å².